The number of nitrogens with zero attached hydrogens (tertiary/aromatic N) is 3. The van der Waals surface area contributed by atoms with Gasteiger partial charge in [0.2, 0.25) is 6.23 Å². The zero-order valence-electron chi connectivity index (χ0n) is 17.2. The van der Waals surface area contributed by atoms with E-state index in [-0.39, 0.29) is 12.0 Å². The Kier molecular flexibility index (Phi) is 4.78. The minimum Gasteiger partial charge on any atom is -0.493 e. The van der Waals surface area contributed by atoms with Gasteiger partial charge in [0.1, 0.15) is 0 Å². The molecule has 156 valence electrons. The topological polar surface area (TPSA) is 73.2 Å². The molecule has 5 rings (SSSR count). The van der Waals surface area contributed by atoms with Gasteiger partial charge in [-0.3, -0.25) is 4.98 Å². The number of pyridine rings is 1. The quantitative estimate of drug-likeness (QED) is 0.597. The average molecular weight is 415 g/mol. The summed E-state index contributed by atoms with van der Waals surface area (Å²) in [5.74, 6) is 1.03. The fraction of sp³-hybridized carbons (Fsp3) is 0.208. The molecule has 2 aromatic carbocycles. The summed E-state index contributed by atoms with van der Waals surface area (Å²) in [5.41, 5.74) is 4.34. The molecule has 7 heteroatoms. The summed E-state index contributed by atoms with van der Waals surface area (Å²) < 4.78 is 16.8. The lowest BCUT2D eigenvalue weighted by Crippen LogP contribution is -2.33. The molecule has 3 aromatic rings. The van der Waals surface area contributed by atoms with E-state index in [1.165, 1.54) is 7.11 Å². The van der Waals surface area contributed by atoms with E-state index >= 15 is 0 Å². The zero-order chi connectivity index (χ0) is 21.4. The van der Waals surface area contributed by atoms with E-state index in [2.05, 4.69) is 4.98 Å². The third-order valence-corrected chi connectivity index (χ3v) is 5.61. The molecule has 2 unspecified atom stereocenters. The van der Waals surface area contributed by atoms with Crippen LogP contribution in [0.5, 0.6) is 11.5 Å². The summed E-state index contributed by atoms with van der Waals surface area (Å²) in [7, 11) is 3.00. The molecule has 0 spiro atoms. The van der Waals surface area contributed by atoms with Crippen molar-refractivity contribution in [2.75, 3.05) is 14.2 Å². The van der Waals surface area contributed by atoms with Crippen LogP contribution in [0.2, 0.25) is 0 Å². The number of methoxy groups -OCH3 is 2. The van der Waals surface area contributed by atoms with Crippen molar-refractivity contribution in [1.29, 1.82) is 0 Å². The number of carbonyl (C=O) groups excluding carboxylic acids is 1. The monoisotopic (exact) mass is 415 g/mol. The van der Waals surface area contributed by atoms with Crippen molar-refractivity contribution in [2.24, 2.45) is 5.10 Å². The lowest BCUT2D eigenvalue weighted by Gasteiger charge is -2.38. The number of ether oxygens (including phenoxy) is 3. The third-order valence-electron chi connectivity index (χ3n) is 5.61. The molecule has 0 saturated heterocycles. The van der Waals surface area contributed by atoms with E-state index in [1.807, 2.05) is 53.7 Å². The summed E-state index contributed by atoms with van der Waals surface area (Å²) in [6.45, 7) is 0. The highest BCUT2D eigenvalue weighted by Gasteiger charge is 2.42. The molecule has 2 atom stereocenters. The van der Waals surface area contributed by atoms with Crippen LogP contribution in [0, 0.1) is 0 Å². The highest BCUT2D eigenvalue weighted by molar-refractivity contribution is 6.01. The normalized spacial score (nSPS) is 19.0. The smallest absolute Gasteiger partial charge is 0.337 e. The number of benzene rings is 2. The lowest BCUT2D eigenvalue weighted by molar-refractivity contribution is -0.0209. The molecule has 0 aliphatic carbocycles. The van der Waals surface area contributed by atoms with Gasteiger partial charge in [-0.05, 0) is 24.3 Å². The van der Waals surface area contributed by atoms with Crippen molar-refractivity contribution in [3.8, 4) is 11.5 Å². The Morgan fingerprint density at radius 3 is 2.65 bits per heavy atom. The number of rotatable bonds is 4. The number of hydrogen-bond acceptors (Lipinski definition) is 7. The molecule has 0 bridgehead atoms. The Morgan fingerprint density at radius 1 is 1.10 bits per heavy atom. The van der Waals surface area contributed by atoms with Crippen molar-refractivity contribution >= 4 is 11.7 Å². The van der Waals surface area contributed by atoms with Crippen molar-refractivity contribution in [1.82, 2.24) is 9.99 Å². The van der Waals surface area contributed by atoms with Crippen LogP contribution in [0.4, 0.5) is 0 Å². The number of hydrogen-bond donors (Lipinski definition) is 0. The molecule has 0 fully saturated rings. The van der Waals surface area contributed by atoms with E-state index < -0.39 is 6.23 Å². The molecule has 2 aliphatic rings. The van der Waals surface area contributed by atoms with Crippen molar-refractivity contribution in [3.63, 3.8) is 0 Å². The molecule has 1 aromatic heterocycles. The second-order valence-corrected chi connectivity index (χ2v) is 7.35. The Hall–Kier alpha value is -3.87. The van der Waals surface area contributed by atoms with E-state index in [4.69, 9.17) is 19.3 Å². The summed E-state index contributed by atoms with van der Waals surface area (Å²) in [5, 5.41) is 6.90. The molecular formula is C24H21N3O4. The van der Waals surface area contributed by atoms with Crippen LogP contribution in [0.3, 0.4) is 0 Å². The van der Waals surface area contributed by atoms with Crippen LogP contribution in [0.1, 0.15) is 45.7 Å². The van der Waals surface area contributed by atoms with Crippen molar-refractivity contribution in [2.45, 2.75) is 18.7 Å². The van der Waals surface area contributed by atoms with Gasteiger partial charge >= 0.3 is 5.97 Å². The van der Waals surface area contributed by atoms with Crippen LogP contribution in [0.25, 0.3) is 0 Å². The Bertz CT molecular complexity index is 1150. The van der Waals surface area contributed by atoms with Gasteiger partial charge in [0.05, 0.1) is 31.5 Å². The first kappa shape index (κ1) is 19.1. The number of esters is 1. The summed E-state index contributed by atoms with van der Waals surface area (Å²) in [4.78, 5) is 16.1. The molecule has 7 nitrogen and oxygen atoms in total. The Labute approximate surface area is 179 Å². The molecule has 3 heterocycles. The Balaban J connectivity index is 1.58. The van der Waals surface area contributed by atoms with Crippen LogP contribution in [-0.4, -0.2) is 35.9 Å². The number of aromatic nitrogens is 1. The molecule has 0 N–H and O–H groups in total. The standard InChI is InChI=1S/C24H21N3O4/c1-29-21-7-3-6-18-20-13-19(17-5-4-12-25-14-17)26-27(20)23(31-22(18)21)15-8-10-16(11-9-15)24(28)30-2/h3-12,14,20,23H,13H2,1-2H3. The van der Waals surface area contributed by atoms with Crippen LogP contribution < -0.4 is 9.47 Å². The van der Waals surface area contributed by atoms with E-state index in [0.717, 1.165) is 34.6 Å². The minimum absolute atomic E-state index is 0.000611. The first-order valence-corrected chi connectivity index (χ1v) is 9.97. The maximum absolute atomic E-state index is 11.8. The zero-order valence-corrected chi connectivity index (χ0v) is 17.2. The van der Waals surface area contributed by atoms with Gasteiger partial charge in [0.15, 0.2) is 11.5 Å². The van der Waals surface area contributed by atoms with E-state index in [1.54, 1.807) is 25.4 Å². The van der Waals surface area contributed by atoms with Crippen LogP contribution in [0.15, 0.2) is 72.1 Å². The molecule has 0 saturated carbocycles. The summed E-state index contributed by atoms with van der Waals surface area (Å²) >= 11 is 0. The van der Waals surface area contributed by atoms with Crippen LogP contribution in [-0.2, 0) is 4.74 Å². The predicted octanol–water partition coefficient (Wildman–Crippen LogP) is 4.12. The van der Waals surface area contributed by atoms with Gasteiger partial charge in [-0.15, -0.1) is 0 Å². The van der Waals surface area contributed by atoms with Crippen molar-refractivity contribution < 1.29 is 19.0 Å². The molecule has 0 radical (unpaired) electrons. The van der Waals surface area contributed by atoms with E-state index in [0.29, 0.717) is 11.3 Å². The summed E-state index contributed by atoms with van der Waals surface area (Å²) in [6, 6.07) is 17.0. The Morgan fingerprint density at radius 2 is 1.94 bits per heavy atom. The van der Waals surface area contributed by atoms with Gasteiger partial charge in [0, 0.05) is 35.5 Å². The second-order valence-electron chi connectivity index (χ2n) is 7.35. The number of fused-ring (bicyclic) bond motifs is 3. The second kappa shape index (κ2) is 7.75. The fourth-order valence-electron chi connectivity index (χ4n) is 4.07. The number of carbonyl (C=O) groups is 1. The maximum atomic E-state index is 11.8. The molecule has 2 aliphatic heterocycles. The molecule has 31 heavy (non-hydrogen) atoms. The first-order chi connectivity index (χ1) is 15.2. The minimum atomic E-state index is -0.463. The van der Waals surface area contributed by atoms with Gasteiger partial charge in [-0.1, -0.05) is 30.3 Å². The van der Waals surface area contributed by atoms with Gasteiger partial charge in [-0.25, -0.2) is 9.80 Å². The molecule has 0 amide bonds. The predicted molar refractivity (Wildman–Crippen MR) is 114 cm³/mol. The van der Waals surface area contributed by atoms with Crippen LogP contribution >= 0.6 is 0 Å². The summed E-state index contributed by atoms with van der Waals surface area (Å²) in [6.07, 6.45) is 3.84. The first-order valence-electron chi connectivity index (χ1n) is 9.97. The van der Waals surface area contributed by atoms with Gasteiger partial charge in [0.25, 0.3) is 0 Å². The largest absolute Gasteiger partial charge is 0.493 e. The van der Waals surface area contributed by atoms with E-state index in [9.17, 15) is 4.79 Å². The average Bonchev–Trinajstić information content (AvgIpc) is 3.29. The van der Waals surface area contributed by atoms with Crippen molar-refractivity contribution in [3.05, 3.63) is 89.2 Å². The van der Waals surface area contributed by atoms with Gasteiger partial charge in [-0.2, -0.15) is 5.10 Å². The number of para-hydroxylation sites is 1. The van der Waals surface area contributed by atoms with Gasteiger partial charge < -0.3 is 14.2 Å². The maximum Gasteiger partial charge on any atom is 0.337 e. The highest BCUT2D eigenvalue weighted by Crippen LogP contribution is 2.50. The fourth-order valence-corrected chi connectivity index (χ4v) is 4.07. The lowest BCUT2D eigenvalue weighted by atomic mass is 9.96. The molecular weight excluding hydrogens is 394 g/mol. The number of hydrazone groups is 1. The SMILES string of the molecule is COC(=O)c1ccc(C2Oc3c(OC)cccc3C3CC(c4cccnc4)=NN32)cc1. The third kappa shape index (κ3) is 3.28. The highest BCUT2D eigenvalue weighted by atomic mass is 16.5.